The van der Waals surface area contributed by atoms with E-state index in [2.05, 4.69) is 5.32 Å². The molecular weight excluding hydrogens is 367 g/mol. The predicted octanol–water partition coefficient (Wildman–Crippen LogP) is 4.55. The van der Waals surface area contributed by atoms with Crippen LogP contribution in [0.25, 0.3) is 0 Å². The Bertz CT molecular complexity index is 665. The van der Waals surface area contributed by atoms with Crippen LogP contribution in [-0.2, 0) is 11.2 Å². The summed E-state index contributed by atoms with van der Waals surface area (Å²) in [4.78, 5) is 12.1. The lowest BCUT2D eigenvalue weighted by atomic mass is 10.0. The highest BCUT2D eigenvalue weighted by Crippen LogP contribution is 2.22. The van der Waals surface area contributed by atoms with Crippen LogP contribution >= 0.6 is 35.6 Å². The first-order valence-corrected chi connectivity index (χ1v) is 8.25. The van der Waals surface area contributed by atoms with Crippen LogP contribution in [0.1, 0.15) is 30.5 Å². The van der Waals surface area contributed by atoms with Gasteiger partial charge in [0.2, 0.25) is 5.91 Å². The average Bonchev–Trinajstić information content (AvgIpc) is 2.50. The van der Waals surface area contributed by atoms with Gasteiger partial charge in [-0.3, -0.25) is 4.79 Å². The lowest BCUT2D eigenvalue weighted by Crippen LogP contribution is -2.35. The van der Waals surface area contributed by atoms with E-state index in [0.29, 0.717) is 16.5 Å². The maximum absolute atomic E-state index is 12.1. The predicted molar refractivity (Wildman–Crippen MR) is 103 cm³/mol. The molecule has 2 unspecified atom stereocenters. The lowest BCUT2D eigenvalue weighted by molar-refractivity contribution is -0.122. The third-order valence-corrected chi connectivity index (χ3v) is 4.17. The largest absolute Gasteiger partial charge is 0.353 e. The van der Waals surface area contributed by atoms with Crippen molar-refractivity contribution in [3.05, 3.63) is 69.7 Å². The highest BCUT2D eigenvalue weighted by atomic mass is 35.5. The zero-order chi connectivity index (χ0) is 16.8. The molecule has 0 bridgehead atoms. The third kappa shape index (κ3) is 6.33. The summed E-state index contributed by atoms with van der Waals surface area (Å²) in [5.74, 6) is -0.0704. The standard InChI is InChI=1S/C18H20Cl2N2O.ClH/c1-12(9-14-7-8-15(19)10-16(14)20)22-18(23)11-17(21)13-5-3-2-4-6-13;/h2-8,10,12,17H,9,11,21H2,1H3,(H,22,23);1H. The molecule has 2 aromatic rings. The van der Waals surface area contributed by atoms with Crippen LogP contribution < -0.4 is 11.1 Å². The Morgan fingerprint density at radius 1 is 1.17 bits per heavy atom. The molecule has 3 nitrogen and oxygen atoms in total. The first-order valence-electron chi connectivity index (χ1n) is 7.49. The number of hydrogen-bond acceptors (Lipinski definition) is 2. The summed E-state index contributed by atoms with van der Waals surface area (Å²) in [5.41, 5.74) is 7.98. The first-order chi connectivity index (χ1) is 11.0. The molecule has 3 N–H and O–H groups in total. The number of nitrogens with two attached hydrogens (primary N) is 1. The van der Waals surface area contributed by atoms with Crippen molar-refractivity contribution in [2.75, 3.05) is 0 Å². The Morgan fingerprint density at radius 3 is 2.46 bits per heavy atom. The van der Waals surface area contributed by atoms with Gasteiger partial charge in [-0.25, -0.2) is 0 Å². The summed E-state index contributed by atoms with van der Waals surface area (Å²) in [6, 6.07) is 14.6. The first kappa shape index (κ1) is 20.8. The number of amides is 1. The molecule has 0 aromatic heterocycles. The van der Waals surface area contributed by atoms with Crippen molar-refractivity contribution in [1.29, 1.82) is 0 Å². The Balaban J connectivity index is 0.00000288. The van der Waals surface area contributed by atoms with Gasteiger partial charge in [0.05, 0.1) is 0 Å². The van der Waals surface area contributed by atoms with Crippen molar-refractivity contribution in [2.24, 2.45) is 5.73 Å². The van der Waals surface area contributed by atoms with Crippen molar-refractivity contribution in [2.45, 2.75) is 31.8 Å². The van der Waals surface area contributed by atoms with Gasteiger partial charge in [0.1, 0.15) is 0 Å². The summed E-state index contributed by atoms with van der Waals surface area (Å²) in [7, 11) is 0. The number of nitrogens with one attached hydrogen (secondary N) is 1. The Hall–Kier alpha value is -1.26. The van der Waals surface area contributed by atoms with Crippen LogP contribution in [0, 0.1) is 0 Å². The van der Waals surface area contributed by atoms with Crippen molar-refractivity contribution in [3.8, 4) is 0 Å². The molecule has 130 valence electrons. The number of hydrogen-bond donors (Lipinski definition) is 2. The Labute approximate surface area is 158 Å². The molecule has 0 spiro atoms. The number of rotatable bonds is 6. The topological polar surface area (TPSA) is 55.1 Å². The Kier molecular flexibility index (Phi) is 8.57. The Morgan fingerprint density at radius 2 is 1.83 bits per heavy atom. The minimum absolute atomic E-state index is 0. The normalized spacial score (nSPS) is 12.8. The monoisotopic (exact) mass is 386 g/mol. The molecule has 2 rings (SSSR count). The van der Waals surface area contributed by atoms with Crippen molar-refractivity contribution in [1.82, 2.24) is 5.32 Å². The lowest BCUT2D eigenvalue weighted by Gasteiger charge is -2.17. The number of carbonyl (C=O) groups excluding carboxylic acids is 1. The fraction of sp³-hybridized carbons (Fsp3) is 0.278. The molecule has 0 saturated carbocycles. The van der Waals surface area contributed by atoms with Crippen LogP contribution in [0.3, 0.4) is 0 Å². The fourth-order valence-electron chi connectivity index (χ4n) is 2.42. The second-order valence-corrected chi connectivity index (χ2v) is 6.47. The van der Waals surface area contributed by atoms with E-state index < -0.39 is 0 Å². The van der Waals surface area contributed by atoms with Gasteiger partial charge in [0.25, 0.3) is 0 Å². The molecule has 2 atom stereocenters. The molecule has 0 aliphatic carbocycles. The van der Waals surface area contributed by atoms with Gasteiger partial charge in [0, 0.05) is 28.5 Å². The van der Waals surface area contributed by atoms with Crippen molar-refractivity contribution in [3.63, 3.8) is 0 Å². The van der Waals surface area contributed by atoms with E-state index in [1.165, 1.54) is 0 Å². The van der Waals surface area contributed by atoms with Crippen LogP contribution in [0.2, 0.25) is 10.0 Å². The van der Waals surface area contributed by atoms with E-state index >= 15 is 0 Å². The summed E-state index contributed by atoms with van der Waals surface area (Å²) in [6.07, 6.45) is 0.894. The summed E-state index contributed by atoms with van der Waals surface area (Å²) < 4.78 is 0. The van der Waals surface area contributed by atoms with E-state index in [9.17, 15) is 4.79 Å². The zero-order valence-corrected chi connectivity index (χ0v) is 15.7. The summed E-state index contributed by atoms with van der Waals surface area (Å²) in [5, 5.41) is 4.17. The zero-order valence-electron chi connectivity index (χ0n) is 13.3. The second kappa shape index (κ2) is 9.90. The quantitative estimate of drug-likeness (QED) is 0.764. The van der Waals surface area contributed by atoms with Gasteiger partial charge in [-0.1, -0.05) is 59.6 Å². The number of halogens is 3. The van der Waals surface area contributed by atoms with Crippen LogP contribution in [0.5, 0.6) is 0 Å². The maximum atomic E-state index is 12.1. The fourth-order valence-corrected chi connectivity index (χ4v) is 2.91. The van der Waals surface area contributed by atoms with Crippen LogP contribution in [-0.4, -0.2) is 11.9 Å². The van der Waals surface area contributed by atoms with E-state index in [-0.39, 0.29) is 36.8 Å². The summed E-state index contributed by atoms with van der Waals surface area (Å²) >= 11 is 12.0. The third-order valence-electron chi connectivity index (χ3n) is 3.58. The molecule has 0 radical (unpaired) electrons. The highest BCUT2D eigenvalue weighted by molar-refractivity contribution is 6.35. The van der Waals surface area contributed by atoms with Gasteiger partial charge < -0.3 is 11.1 Å². The minimum atomic E-state index is -0.303. The second-order valence-electron chi connectivity index (χ2n) is 5.63. The van der Waals surface area contributed by atoms with Crippen LogP contribution in [0.15, 0.2) is 48.5 Å². The maximum Gasteiger partial charge on any atom is 0.222 e. The van der Waals surface area contributed by atoms with Crippen molar-refractivity contribution < 1.29 is 4.79 Å². The number of benzene rings is 2. The van der Waals surface area contributed by atoms with Crippen LogP contribution in [0.4, 0.5) is 0 Å². The van der Waals surface area contributed by atoms with Gasteiger partial charge in [0.15, 0.2) is 0 Å². The minimum Gasteiger partial charge on any atom is -0.353 e. The van der Waals surface area contributed by atoms with E-state index in [0.717, 1.165) is 11.1 Å². The average molecular weight is 388 g/mol. The molecule has 0 aliphatic heterocycles. The van der Waals surface area contributed by atoms with E-state index in [4.69, 9.17) is 28.9 Å². The van der Waals surface area contributed by atoms with Gasteiger partial charge >= 0.3 is 0 Å². The molecule has 24 heavy (non-hydrogen) atoms. The van der Waals surface area contributed by atoms with Gasteiger partial charge in [-0.15, -0.1) is 12.4 Å². The summed E-state index contributed by atoms with van der Waals surface area (Å²) in [6.45, 7) is 1.94. The molecule has 0 heterocycles. The van der Waals surface area contributed by atoms with E-state index in [1.807, 2.05) is 43.3 Å². The van der Waals surface area contributed by atoms with Crippen molar-refractivity contribution >= 4 is 41.5 Å². The van der Waals surface area contributed by atoms with Gasteiger partial charge in [-0.05, 0) is 36.6 Å². The highest BCUT2D eigenvalue weighted by Gasteiger charge is 2.14. The molecule has 6 heteroatoms. The molecule has 2 aromatic carbocycles. The SMILES string of the molecule is CC(Cc1ccc(Cl)cc1Cl)NC(=O)CC(N)c1ccccc1.Cl. The number of carbonyl (C=O) groups is 1. The molecule has 1 amide bonds. The molecule has 0 fully saturated rings. The smallest absolute Gasteiger partial charge is 0.222 e. The molecule has 0 saturated heterocycles. The van der Waals surface area contributed by atoms with Gasteiger partial charge in [-0.2, -0.15) is 0 Å². The molecule has 0 aliphatic rings. The van der Waals surface area contributed by atoms with E-state index in [1.54, 1.807) is 12.1 Å². The molecular formula is C18H21Cl3N2O.